The van der Waals surface area contributed by atoms with Crippen molar-refractivity contribution in [2.24, 2.45) is 5.73 Å². The maximum atomic E-state index is 13.0. The van der Waals surface area contributed by atoms with Crippen LogP contribution in [0.2, 0.25) is 0 Å². The van der Waals surface area contributed by atoms with Gasteiger partial charge in [0.1, 0.15) is 17.9 Å². The van der Waals surface area contributed by atoms with Gasteiger partial charge in [0.05, 0.1) is 19.6 Å². The van der Waals surface area contributed by atoms with Crippen LogP contribution in [0.3, 0.4) is 0 Å². The van der Waals surface area contributed by atoms with Crippen LogP contribution in [0.15, 0.2) is 83.5 Å². The van der Waals surface area contributed by atoms with Crippen molar-refractivity contribution < 1.29 is 28.5 Å². The Morgan fingerprint density at radius 2 is 1.81 bits per heavy atom. The third-order valence-electron chi connectivity index (χ3n) is 6.70. The van der Waals surface area contributed by atoms with E-state index in [9.17, 15) is 9.59 Å². The summed E-state index contributed by atoms with van der Waals surface area (Å²) in [6, 6.07) is 19.8. The third-order valence-corrected chi connectivity index (χ3v) is 6.70. The molecule has 5 rings (SSSR count). The number of ether oxygens (including phenoxy) is 4. The van der Waals surface area contributed by atoms with Gasteiger partial charge in [-0.2, -0.15) is 0 Å². The summed E-state index contributed by atoms with van der Waals surface area (Å²) in [6.07, 6.45) is 1.65. The maximum Gasteiger partial charge on any atom is 0.340 e. The Balaban J connectivity index is 1.49. The number of allylic oxidation sites excluding steroid dienone is 2. The van der Waals surface area contributed by atoms with Gasteiger partial charge in [0.15, 0.2) is 17.3 Å². The Morgan fingerprint density at radius 1 is 1.00 bits per heavy atom. The Labute approximate surface area is 215 Å². The molecule has 190 valence electrons. The summed E-state index contributed by atoms with van der Waals surface area (Å²) < 4.78 is 22.8. The molecule has 1 aliphatic heterocycles. The van der Waals surface area contributed by atoms with Crippen LogP contribution in [-0.4, -0.2) is 25.5 Å². The first kappa shape index (κ1) is 24.4. The van der Waals surface area contributed by atoms with Gasteiger partial charge in [-0.1, -0.05) is 42.5 Å². The van der Waals surface area contributed by atoms with Crippen LogP contribution in [0.25, 0.3) is 10.8 Å². The average molecular weight is 500 g/mol. The van der Waals surface area contributed by atoms with Crippen molar-refractivity contribution in [2.45, 2.75) is 38.7 Å². The number of rotatable bonds is 7. The molecule has 7 heteroatoms. The van der Waals surface area contributed by atoms with E-state index in [0.29, 0.717) is 60.9 Å². The Hall–Kier alpha value is -4.26. The average Bonchev–Trinajstić information content (AvgIpc) is 2.91. The molecule has 3 aromatic carbocycles. The SMILES string of the molecule is CCOc1cc([C@@H]2C(C(=O)OC)=C(N)OC3=C2C(=O)CCC3)ccc1OCc1ccc2ccccc2c1. The lowest BCUT2D eigenvalue weighted by Crippen LogP contribution is -2.31. The lowest BCUT2D eigenvalue weighted by atomic mass is 9.77. The van der Waals surface area contributed by atoms with Crippen LogP contribution in [0.4, 0.5) is 0 Å². The smallest absolute Gasteiger partial charge is 0.340 e. The molecule has 2 aliphatic rings. The molecule has 0 saturated carbocycles. The van der Waals surface area contributed by atoms with Gasteiger partial charge in [-0.05, 0) is 53.4 Å². The minimum atomic E-state index is -0.710. The number of methoxy groups -OCH3 is 1. The van der Waals surface area contributed by atoms with Crippen LogP contribution in [0.1, 0.15) is 43.2 Å². The molecule has 0 radical (unpaired) electrons. The molecule has 3 aromatic rings. The van der Waals surface area contributed by atoms with E-state index in [1.807, 2.05) is 31.2 Å². The fourth-order valence-electron chi connectivity index (χ4n) is 4.98. The van der Waals surface area contributed by atoms with Crippen molar-refractivity contribution in [3.05, 3.63) is 94.6 Å². The third kappa shape index (κ3) is 4.77. The van der Waals surface area contributed by atoms with E-state index in [0.717, 1.165) is 10.9 Å². The zero-order valence-corrected chi connectivity index (χ0v) is 20.9. The number of benzene rings is 3. The van der Waals surface area contributed by atoms with Gasteiger partial charge >= 0.3 is 5.97 Å². The number of fused-ring (bicyclic) bond motifs is 1. The Bertz CT molecular complexity index is 1440. The van der Waals surface area contributed by atoms with Crippen molar-refractivity contribution in [3.63, 3.8) is 0 Å². The number of Topliss-reactive ketones (excluding diaryl/α,β-unsaturated/α-hetero) is 1. The summed E-state index contributed by atoms with van der Waals surface area (Å²) in [5, 5.41) is 2.31. The molecule has 2 N–H and O–H groups in total. The zero-order valence-electron chi connectivity index (χ0n) is 20.9. The highest BCUT2D eigenvalue weighted by molar-refractivity contribution is 6.03. The van der Waals surface area contributed by atoms with Crippen molar-refractivity contribution in [3.8, 4) is 11.5 Å². The molecule has 1 atom stereocenters. The summed E-state index contributed by atoms with van der Waals surface area (Å²) >= 11 is 0. The van der Waals surface area contributed by atoms with Crippen LogP contribution in [0, 0.1) is 0 Å². The minimum Gasteiger partial charge on any atom is -0.490 e. The number of carbonyl (C=O) groups excluding carboxylic acids is 2. The van der Waals surface area contributed by atoms with E-state index in [-0.39, 0.29) is 17.2 Å². The number of nitrogens with two attached hydrogens (primary N) is 1. The molecule has 0 amide bonds. The second kappa shape index (κ2) is 10.4. The zero-order chi connectivity index (χ0) is 25.9. The predicted octanol–water partition coefficient (Wildman–Crippen LogP) is 5.28. The van der Waals surface area contributed by atoms with Gasteiger partial charge in [0, 0.05) is 18.4 Å². The second-order valence-electron chi connectivity index (χ2n) is 9.03. The molecule has 1 heterocycles. The lowest BCUT2D eigenvalue weighted by molar-refractivity contribution is -0.136. The van der Waals surface area contributed by atoms with E-state index < -0.39 is 11.9 Å². The highest BCUT2D eigenvalue weighted by Crippen LogP contribution is 2.45. The fourth-order valence-corrected chi connectivity index (χ4v) is 4.98. The molecular formula is C30H29NO6. The van der Waals surface area contributed by atoms with Gasteiger partial charge in [-0.15, -0.1) is 0 Å². The first-order valence-electron chi connectivity index (χ1n) is 12.4. The van der Waals surface area contributed by atoms with Crippen LogP contribution in [-0.2, 0) is 25.7 Å². The van der Waals surface area contributed by atoms with Gasteiger partial charge in [0.2, 0.25) is 5.88 Å². The summed E-state index contributed by atoms with van der Waals surface area (Å²) in [6.45, 7) is 2.66. The van der Waals surface area contributed by atoms with E-state index >= 15 is 0 Å². The number of hydrogen-bond acceptors (Lipinski definition) is 7. The molecule has 0 saturated heterocycles. The van der Waals surface area contributed by atoms with E-state index in [2.05, 4.69) is 24.3 Å². The van der Waals surface area contributed by atoms with Crippen molar-refractivity contribution in [1.82, 2.24) is 0 Å². The van der Waals surface area contributed by atoms with E-state index in [1.54, 1.807) is 12.1 Å². The molecule has 1 aliphatic carbocycles. The lowest BCUT2D eigenvalue weighted by Gasteiger charge is -2.32. The second-order valence-corrected chi connectivity index (χ2v) is 9.03. The fraction of sp³-hybridized carbons (Fsp3) is 0.267. The number of hydrogen-bond donors (Lipinski definition) is 1. The highest BCUT2D eigenvalue weighted by Gasteiger charge is 2.41. The molecule has 0 unspecified atom stereocenters. The standard InChI is InChI=1S/C30H29NO6/c1-3-35-25-16-21(13-14-23(25)36-17-18-11-12-19-7-4-5-8-20(19)15-18)26-27-22(32)9-6-10-24(27)37-29(31)28(26)30(33)34-2/h4-5,7-8,11-16,26H,3,6,9-10,17,31H2,1-2H3/t26-/m0/s1. The monoisotopic (exact) mass is 499 g/mol. The molecule has 0 bridgehead atoms. The largest absolute Gasteiger partial charge is 0.490 e. The van der Waals surface area contributed by atoms with Crippen LogP contribution in [0.5, 0.6) is 11.5 Å². The van der Waals surface area contributed by atoms with Gasteiger partial charge in [-0.25, -0.2) is 4.79 Å². The Morgan fingerprint density at radius 3 is 2.59 bits per heavy atom. The normalized spacial score (nSPS) is 17.4. The summed E-state index contributed by atoms with van der Waals surface area (Å²) in [7, 11) is 1.28. The van der Waals surface area contributed by atoms with Crippen molar-refractivity contribution >= 4 is 22.5 Å². The van der Waals surface area contributed by atoms with E-state index in [1.165, 1.54) is 12.5 Å². The molecule has 7 nitrogen and oxygen atoms in total. The topological polar surface area (TPSA) is 97.1 Å². The quantitative estimate of drug-likeness (QED) is 0.442. The number of carbonyl (C=O) groups is 2. The Kier molecular flexibility index (Phi) is 6.86. The van der Waals surface area contributed by atoms with Gasteiger partial charge in [-0.3, -0.25) is 4.79 Å². The molecule has 0 aromatic heterocycles. The summed E-state index contributed by atoms with van der Waals surface area (Å²) in [5.41, 5.74) is 8.44. The molecule has 0 spiro atoms. The van der Waals surface area contributed by atoms with Gasteiger partial charge in [0.25, 0.3) is 0 Å². The summed E-state index contributed by atoms with van der Waals surface area (Å²) in [5.74, 6) is 0.141. The van der Waals surface area contributed by atoms with Crippen LogP contribution >= 0.6 is 0 Å². The number of ketones is 1. The van der Waals surface area contributed by atoms with Crippen LogP contribution < -0.4 is 15.2 Å². The minimum absolute atomic E-state index is 0.0418. The number of esters is 1. The van der Waals surface area contributed by atoms with Crippen molar-refractivity contribution in [2.75, 3.05) is 13.7 Å². The molecular weight excluding hydrogens is 470 g/mol. The highest BCUT2D eigenvalue weighted by atomic mass is 16.5. The maximum absolute atomic E-state index is 13.0. The van der Waals surface area contributed by atoms with E-state index in [4.69, 9.17) is 24.7 Å². The predicted molar refractivity (Wildman–Crippen MR) is 139 cm³/mol. The first-order chi connectivity index (χ1) is 18.0. The van der Waals surface area contributed by atoms with Gasteiger partial charge < -0.3 is 24.7 Å². The molecule has 0 fully saturated rings. The first-order valence-corrected chi connectivity index (χ1v) is 12.4. The summed E-state index contributed by atoms with van der Waals surface area (Å²) in [4.78, 5) is 25.7. The molecule has 37 heavy (non-hydrogen) atoms. The van der Waals surface area contributed by atoms with Crippen molar-refractivity contribution in [1.29, 1.82) is 0 Å².